The maximum absolute atomic E-state index is 12.8. The van der Waals surface area contributed by atoms with Crippen molar-refractivity contribution >= 4 is 11.9 Å². The highest BCUT2D eigenvalue weighted by molar-refractivity contribution is 6.01. The zero-order chi connectivity index (χ0) is 20.1. The average Bonchev–Trinajstić information content (AvgIpc) is 2.52. The Balaban J connectivity index is 3.05. The summed E-state index contributed by atoms with van der Waals surface area (Å²) < 4.78 is 81.6. The highest BCUT2D eigenvalue weighted by Crippen LogP contribution is 2.36. The molecule has 1 aromatic carbocycles. The van der Waals surface area contributed by atoms with Crippen LogP contribution in [0.5, 0.6) is 0 Å². The Labute approximate surface area is 145 Å². The van der Waals surface area contributed by atoms with Crippen LogP contribution in [0.4, 0.5) is 31.1 Å². The molecule has 0 radical (unpaired) electrons. The second-order valence-corrected chi connectivity index (χ2v) is 5.51. The van der Waals surface area contributed by atoms with Gasteiger partial charge in [-0.3, -0.25) is 4.79 Å². The lowest BCUT2D eigenvalue weighted by Crippen LogP contribution is -2.39. The van der Waals surface area contributed by atoms with Gasteiger partial charge in [-0.05, 0) is 31.5 Å². The molecular formula is C16H17F6NO3. The number of Topliss-reactive ketones (excluding diaryl/α,β-unsaturated/α-hetero) is 1. The van der Waals surface area contributed by atoms with E-state index in [0.29, 0.717) is 18.6 Å². The molecule has 0 heterocycles. The zero-order valence-corrected chi connectivity index (χ0v) is 13.9. The van der Waals surface area contributed by atoms with Crippen LogP contribution in [-0.2, 0) is 17.1 Å². The van der Waals surface area contributed by atoms with Crippen molar-refractivity contribution in [3.05, 3.63) is 34.9 Å². The molecule has 0 fully saturated rings. The summed E-state index contributed by atoms with van der Waals surface area (Å²) in [6.45, 7) is 3.06. The average molecular weight is 385 g/mol. The summed E-state index contributed by atoms with van der Waals surface area (Å²) in [7, 11) is 0. The number of alkyl carbamates (subject to hydrolysis) is 1. The van der Waals surface area contributed by atoms with E-state index in [-0.39, 0.29) is 12.7 Å². The first-order valence-electron chi connectivity index (χ1n) is 7.63. The third kappa shape index (κ3) is 6.23. The van der Waals surface area contributed by atoms with E-state index in [1.54, 1.807) is 0 Å². The minimum absolute atomic E-state index is 0.0744. The van der Waals surface area contributed by atoms with E-state index in [4.69, 9.17) is 4.74 Å². The Hall–Kier alpha value is -2.26. The first-order chi connectivity index (χ1) is 11.9. The van der Waals surface area contributed by atoms with E-state index in [1.807, 2.05) is 6.92 Å². The fourth-order valence-electron chi connectivity index (χ4n) is 1.94. The number of carbonyl (C=O) groups excluding carboxylic acids is 2. The molecule has 0 aliphatic rings. The molecule has 146 valence electrons. The number of ether oxygens (including phenoxy) is 1. The molecule has 0 spiro atoms. The second-order valence-electron chi connectivity index (χ2n) is 5.51. The van der Waals surface area contributed by atoms with Crippen molar-refractivity contribution < 1.29 is 40.7 Å². The summed E-state index contributed by atoms with van der Waals surface area (Å²) in [4.78, 5) is 23.6. The molecule has 0 saturated carbocycles. The molecule has 1 aromatic rings. The maximum atomic E-state index is 12.8. The highest BCUT2D eigenvalue weighted by Gasteiger charge is 2.37. The maximum Gasteiger partial charge on any atom is 0.416 e. The standard InChI is InChI=1S/C16H17F6NO3/c1-3-4-5-26-14(25)23-9(2)13(24)10-6-11(15(17,18)19)8-12(7-10)16(20,21)22/h6-9H,3-5H2,1-2H3,(H,23,25). The Morgan fingerprint density at radius 2 is 1.54 bits per heavy atom. The highest BCUT2D eigenvalue weighted by atomic mass is 19.4. The van der Waals surface area contributed by atoms with Gasteiger partial charge in [-0.25, -0.2) is 4.79 Å². The molecule has 1 rings (SSSR count). The molecule has 1 N–H and O–H groups in total. The number of carbonyl (C=O) groups is 2. The number of alkyl halides is 6. The van der Waals surface area contributed by atoms with Gasteiger partial charge < -0.3 is 10.1 Å². The summed E-state index contributed by atoms with van der Waals surface area (Å²) in [5.74, 6) is -1.10. The molecule has 0 aliphatic heterocycles. The summed E-state index contributed by atoms with van der Waals surface area (Å²) in [6.07, 6.45) is -9.80. The van der Waals surface area contributed by atoms with E-state index >= 15 is 0 Å². The third-order valence-corrected chi connectivity index (χ3v) is 3.33. The fourth-order valence-corrected chi connectivity index (χ4v) is 1.94. The summed E-state index contributed by atoms with van der Waals surface area (Å²) in [6, 6.07) is -0.807. The van der Waals surface area contributed by atoms with Crippen LogP contribution in [0.1, 0.15) is 48.2 Å². The van der Waals surface area contributed by atoms with Crippen LogP contribution in [0.2, 0.25) is 0 Å². The smallest absolute Gasteiger partial charge is 0.416 e. The molecule has 4 nitrogen and oxygen atoms in total. The molecular weight excluding hydrogens is 368 g/mol. The van der Waals surface area contributed by atoms with Crippen molar-refractivity contribution in [3.63, 3.8) is 0 Å². The quantitative estimate of drug-likeness (QED) is 0.434. The van der Waals surface area contributed by atoms with E-state index in [0.717, 1.165) is 13.3 Å². The molecule has 0 aliphatic carbocycles. The van der Waals surface area contributed by atoms with Crippen LogP contribution in [0.15, 0.2) is 18.2 Å². The van der Waals surface area contributed by atoms with Gasteiger partial charge in [0.05, 0.1) is 23.8 Å². The number of benzene rings is 1. The number of ketones is 1. The predicted molar refractivity (Wildman–Crippen MR) is 79.6 cm³/mol. The van der Waals surface area contributed by atoms with Crippen LogP contribution in [0.25, 0.3) is 0 Å². The van der Waals surface area contributed by atoms with Crippen molar-refractivity contribution in [1.29, 1.82) is 0 Å². The van der Waals surface area contributed by atoms with Crippen molar-refractivity contribution in [1.82, 2.24) is 5.32 Å². The number of rotatable bonds is 6. The molecule has 1 amide bonds. The van der Waals surface area contributed by atoms with Crippen LogP contribution in [0.3, 0.4) is 0 Å². The van der Waals surface area contributed by atoms with Crippen molar-refractivity contribution in [2.24, 2.45) is 0 Å². The Morgan fingerprint density at radius 3 is 1.96 bits per heavy atom. The largest absolute Gasteiger partial charge is 0.450 e. The molecule has 26 heavy (non-hydrogen) atoms. The summed E-state index contributed by atoms with van der Waals surface area (Å²) >= 11 is 0. The topological polar surface area (TPSA) is 55.4 Å². The van der Waals surface area contributed by atoms with E-state index in [9.17, 15) is 35.9 Å². The van der Waals surface area contributed by atoms with Gasteiger partial charge in [0.15, 0.2) is 5.78 Å². The Morgan fingerprint density at radius 1 is 1.04 bits per heavy atom. The van der Waals surface area contributed by atoms with Gasteiger partial charge in [0, 0.05) is 5.56 Å². The molecule has 10 heteroatoms. The van der Waals surface area contributed by atoms with Crippen LogP contribution >= 0.6 is 0 Å². The lowest BCUT2D eigenvalue weighted by atomic mass is 9.99. The van der Waals surface area contributed by atoms with Crippen molar-refractivity contribution in [2.75, 3.05) is 6.61 Å². The van der Waals surface area contributed by atoms with Gasteiger partial charge in [0.1, 0.15) is 0 Å². The number of unbranched alkanes of at least 4 members (excludes halogenated alkanes) is 1. The molecule has 0 saturated heterocycles. The monoisotopic (exact) mass is 385 g/mol. The predicted octanol–water partition coefficient (Wildman–Crippen LogP) is 4.82. The summed E-state index contributed by atoms with van der Waals surface area (Å²) in [5, 5.41) is 2.08. The van der Waals surface area contributed by atoms with Gasteiger partial charge in [-0.2, -0.15) is 26.3 Å². The van der Waals surface area contributed by atoms with Gasteiger partial charge >= 0.3 is 18.4 Å². The zero-order valence-electron chi connectivity index (χ0n) is 13.9. The van der Waals surface area contributed by atoms with Crippen LogP contribution in [0, 0.1) is 0 Å². The van der Waals surface area contributed by atoms with Crippen LogP contribution in [-0.4, -0.2) is 24.5 Å². The lowest BCUT2D eigenvalue weighted by Gasteiger charge is -2.16. The normalized spacial score (nSPS) is 13.2. The van der Waals surface area contributed by atoms with E-state index in [2.05, 4.69) is 5.32 Å². The van der Waals surface area contributed by atoms with E-state index in [1.165, 1.54) is 0 Å². The molecule has 1 atom stereocenters. The molecule has 0 bridgehead atoms. The first-order valence-corrected chi connectivity index (χ1v) is 7.63. The Kier molecular flexibility index (Phi) is 7.05. The summed E-state index contributed by atoms with van der Waals surface area (Å²) in [5.41, 5.74) is -4.02. The van der Waals surface area contributed by atoms with Gasteiger partial charge in [-0.1, -0.05) is 13.3 Å². The Bertz CT molecular complexity index is 622. The van der Waals surface area contributed by atoms with Crippen molar-refractivity contribution in [2.45, 2.75) is 45.1 Å². The minimum Gasteiger partial charge on any atom is -0.450 e. The lowest BCUT2D eigenvalue weighted by molar-refractivity contribution is -0.143. The van der Waals surface area contributed by atoms with Crippen LogP contribution < -0.4 is 5.32 Å². The minimum atomic E-state index is -5.06. The second kappa shape index (κ2) is 8.41. The molecule has 1 unspecified atom stereocenters. The van der Waals surface area contributed by atoms with Gasteiger partial charge in [0.25, 0.3) is 0 Å². The fraction of sp³-hybridized carbons (Fsp3) is 0.500. The number of amides is 1. The number of hydrogen-bond acceptors (Lipinski definition) is 3. The number of nitrogens with one attached hydrogen (secondary N) is 1. The number of hydrogen-bond donors (Lipinski definition) is 1. The van der Waals surface area contributed by atoms with Crippen molar-refractivity contribution in [3.8, 4) is 0 Å². The van der Waals surface area contributed by atoms with Gasteiger partial charge in [-0.15, -0.1) is 0 Å². The first kappa shape index (κ1) is 21.8. The van der Waals surface area contributed by atoms with E-state index < -0.39 is 47.0 Å². The number of halogens is 6. The molecule has 0 aromatic heterocycles. The van der Waals surface area contributed by atoms with Gasteiger partial charge in [0.2, 0.25) is 0 Å². The third-order valence-electron chi connectivity index (χ3n) is 3.33. The SMILES string of the molecule is CCCCOC(=O)NC(C)C(=O)c1cc(C(F)(F)F)cc(C(F)(F)F)c1.